The number of unbranched alkanes of at least 4 members (excludes halogenated alkanes) is 14. The van der Waals surface area contributed by atoms with Crippen LogP contribution < -0.4 is 0 Å². The normalized spacial score (nSPS) is 13.3. The van der Waals surface area contributed by atoms with E-state index < -0.39 is 0 Å². The van der Waals surface area contributed by atoms with Crippen LogP contribution in [0.1, 0.15) is 128 Å². The van der Waals surface area contributed by atoms with E-state index in [1.165, 1.54) is 115 Å². The standard InChI is InChI=1S/C30H50N2/c1-3-4-5-6-7-8-9-10-11-12-13-14-15-16-20-23-30(26-29-21-18-17-19-22-29)28(2)32-25-24-31-27-32/h17-19,21-22,24-25,27-28,30H,3-16,20,23,26H2,1-2H3. The summed E-state index contributed by atoms with van der Waals surface area (Å²) in [6, 6.07) is 11.5. The molecule has 0 saturated carbocycles. The van der Waals surface area contributed by atoms with Gasteiger partial charge in [0.05, 0.1) is 6.33 Å². The zero-order chi connectivity index (χ0) is 22.7. The fraction of sp³-hybridized carbons (Fsp3) is 0.700. The van der Waals surface area contributed by atoms with Crippen molar-refractivity contribution in [2.24, 2.45) is 5.92 Å². The molecule has 2 heteroatoms. The summed E-state index contributed by atoms with van der Waals surface area (Å²) >= 11 is 0. The molecule has 32 heavy (non-hydrogen) atoms. The Hall–Kier alpha value is -1.57. The maximum absolute atomic E-state index is 4.27. The lowest BCUT2D eigenvalue weighted by Gasteiger charge is -2.25. The van der Waals surface area contributed by atoms with Crippen molar-refractivity contribution in [2.45, 2.75) is 129 Å². The fourth-order valence-electron chi connectivity index (χ4n) is 4.96. The molecule has 2 atom stereocenters. The quantitative estimate of drug-likeness (QED) is 0.188. The van der Waals surface area contributed by atoms with Gasteiger partial charge in [0.25, 0.3) is 0 Å². The van der Waals surface area contributed by atoms with E-state index in [-0.39, 0.29) is 0 Å². The Morgan fingerprint density at radius 1 is 0.719 bits per heavy atom. The van der Waals surface area contributed by atoms with Crippen LogP contribution >= 0.6 is 0 Å². The summed E-state index contributed by atoms with van der Waals surface area (Å²) in [5.41, 5.74) is 1.46. The maximum atomic E-state index is 4.27. The van der Waals surface area contributed by atoms with Crippen molar-refractivity contribution in [3.8, 4) is 0 Å². The third kappa shape index (κ3) is 11.9. The van der Waals surface area contributed by atoms with E-state index in [0.29, 0.717) is 12.0 Å². The molecule has 0 fully saturated rings. The lowest BCUT2D eigenvalue weighted by Crippen LogP contribution is -2.18. The molecule has 0 aliphatic carbocycles. The maximum Gasteiger partial charge on any atom is 0.0948 e. The Labute approximate surface area is 199 Å². The lowest BCUT2D eigenvalue weighted by atomic mass is 9.88. The summed E-state index contributed by atoms with van der Waals surface area (Å²) in [6.07, 6.45) is 30.0. The van der Waals surface area contributed by atoms with Gasteiger partial charge < -0.3 is 4.57 Å². The predicted molar refractivity (Wildman–Crippen MR) is 140 cm³/mol. The molecule has 0 aliphatic heterocycles. The van der Waals surface area contributed by atoms with Crippen molar-refractivity contribution in [2.75, 3.05) is 0 Å². The highest BCUT2D eigenvalue weighted by molar-refractivity contribution is 5.15. The molecule has 1 heterocycles. The van der Waals surface area contributed by atoms with E-state index in [4.69, 9.17) is 0 Å². The van der Waals surface area contributed by atoms with Crippen molar-refractivity contribution < 1.29 is 0 Å². The van der Waals surface area contributed by atoms with Gasteiger partial charge in [-0.3, -0.25) is 0 Å². The lowest BCUT2D eigenvalue weighted by molar-refractivity contribution is 0.318. The van der Waals surface area contributed by atoms with Crippen molar-refractivity contribution in [1.82, 2.24) is 9.55 Å². The SMILES string of the molecule is CCCCCCCCCCCCCCCCCC(Cc1ccccc1)C(C)n1ccnc1. The van der Waals surface area contributed by atoms with Gasteiger partial charge in [-0.15, -0.1) is 0 Å². The van der Waals surface area contributed by atoms with Crippen LogP contribution in [0.15, 0.2) is 49.1 Å². The summed E-state index contributed by atoms with van der Waals surface area (Å²) < 4.78 is 2.29. The smallest absolute Gasteiger partial charge is 0.0948 e. The molecular weight excluding hydrogens is 388 g/mol. The topological polar surface area (TPSA) is 17.8 Å². The first-order valence-electron chi connectivity index (χ1n) is 13.8. The van der Waals surface area contributed by atoms with E-state index >= 15 is 0 Å². The van der Waals surface area contributed by atoms with Gasteiger partial charge in [-0.1, -0.05) is 134 Å². The van der Waals surface area contributed by atoms with E-state index in [9.17, 15) is 0 Å². The summed E-state index contributed by atoms with van der Waals surface area (Å²) in [5.74, 6) is 0.675. The highest BCUT2D eigenvalue weighted by atomic mass is 15.0. The van der Waals surface area contributed by atoms with Crippen molar-refractivity contribution in [1.29, 1.82) is 0 Å². The van der Waals surface area contributed by atoms with Gasteiger partial charge in [-0.2, -0.15) is 0 Å². The molecule has 0 saturated heterocycles. The Bertz CT molecular complexity index is 634. The molecule has 0 aliphatic rings. The number of hydrogen-bond acceptors (Lipinski definition) is 1. The molecule has 0 radical (unpaired) electrons. The van der Waals surface area contributed by atoms with Crippen LogP contribution in [0, 0.1) is 5.92 Å². The molecular formula is C30H50N2. The zero-order valence-electron chi connectivity index (χ0n) is 21.2. The highest BCUT2D eigenvalue weighted by Crippen LogP contribution is 2.27. The molecule has 2 aromatic rings. The van der Waals surface area contributed by atoms with Gasteiger partial charge in [0.1, 0.15) is 0 Å². The Morgan fingerprint density at radius 3 is 1.75 bits per heavy atom. The first kappa shape index (κ1) is 26.7. The zero-order valence-corrected chi connectivity index (χ0v) is 21.2. The molecule has 1 aromatic carbocycles. The molecule has 180 valence electrons. The second-order valence-corrected chi connectivity index (χ2v) is 9.94. The molecule has 1 aromatic heterocycles. The van der Waals surface area contributed by atoms with E-state index in [0.717, 1.165) is 0 Å². The minimum absolute atomic E-state index is 0.504. The second-order valence-electron chi connectivity index (χ2n) is 9.94. The Balaban J connectivity index is 1.51. The number of hydrogen-bond donors (Lipinski definition) is 0. The van der Waals surface area contributed by atoms with Crippen LogP contribution in [0.4, 0.5) is 0 Å². The molecule has 0 bridgehead atoms. The van der Waals surface area contributed by atoms with Gasteiger partial charge in [0.2, 0.25) is 0 Å². The summed E-state index contributed by atoms with van der Waals surface area (Å²) in [4.78, 5) is 4.27. The van der Waals surface area contributed by atoms with E-state index in [1.807, 2.05) is 12.5 Å². The third-order valence-electron chi connectivity index (χ3n) is 7.20. The van der Waals surface area contributed by atoms with Crippen LogP contribution in [-0.4, -0.2) is 9.55 Å². The average molecular weight is 439 g/mol. The Kier molecular flexibility index (Phi) is 14.9. The summed E-state index contributed by atoms with van der Waals surface area (Å²) in [5, 5.41) is 0. The second kappa shape index (κ2) is 17.9. The predicted octanol–water partition coefficient (Wildman–Crippen LogP) is 9.56. The van der Waals surface area contributed by atoms with Gasteiger partial charge in [0, 0.05) is 18.4 Å². The number of aromatic nitrogens is 2. The highest BCUT2D eigenvalue weighted by Gasteiger charge is 2.18. The Morgan fingerprint density at radius 2 is 1.25 bits per heavy atom. The molecule has 0 N–H and O–H groups in total. The minimum atomic E-state index is 0.504. The molecule has 0 amide bonds. The van der Waals surface area contributed by atoms with Crippen molar-refractivity contribution in [3.05, 3.63) is 54.6 Å². The van der Waals surface area contributed by atoms with Crippen molar-refractivity contribution >= 4 is 0 Å². The van der Waals surface area contributed by atoms with Crippen LogP contribution in [0.5, 0.6) is 0 Å². The monoisotopic (exact) mass is 438 g/mol. The first-order chi connectivity index (χ1) is 15.8. The van der Waals surface area contributed by atoms with Crippen molar-refractivity contribution in [3.63, 3.8) is 0 Å². The van der Waals surface area contributed by atoms with Gasteiger partial charge in [-0.05, 0) is 31.2 Å². The summed E-state index contributed by atoms with van der Waals surface area (Å²) in [7, 11) is 0. The first-order valence-corrected chi connectivity index (χ1v) is 13.8. The number of benzene rings is 1. The molecule has 2 rings (SSSR count). The van der Waals surface area contributed by atoms with Crippen LogP contribution in [-0.2, 0) is 6.42 Å². The number of imidazole rings is 1. The third-order valence-corrected chi connectivity index (χ3v) is 7.20. The van der Waals surface area contributed by atoms with Gasteiger partial charge in [-0.25, -0.2) is 4.98 Å². The fourth-order valence-corrected chi connectivity index (χ4v) is 4.96. The van der Waals surface area contributed by atoms with E-state index in [1.54, 1.807) is 0 Å². The van der Waals surface area contributed by atoms with Gasteiger partial charge >= 0.3 is 0 Å². The summed E-state index contributed by atoms with van der Waals surface area (Å²) in [6.45, 7) is 4.66. The largest absolute Gasteiger partial charge is 0.334 e. The molecule has 2 nitrogen and oxygen atoms in total. The number of rotatable bonds is 20. The number of nitrogens with zero attached hydrogens (tertiary/aromatic N) is 2. The van der Waals surface area contributed by atoms with Crippen LogP contribution in [0.25, 0.3) is 0 Å². The van der Waals surface area contributed by atoms with Gasteiger partial charge in [0.15, 0.2) is 0 Å². The van der Waals surface area contributed by atoms with Crippen LogP contribution in [0.2, 0.25) is 0 Å². The molecule has 0 spiro atoms. The molecule has 2 unspecified atom stereocenters. The van der Waals surface area contributed by atoms with E-state index in [2.05, 4.69) is 59.9 Å². The average Bonchev–Trinajstić information content (AvgIpc) is 3.36. The minimum Gasteiger partial charge on any atom is -0.334 e. The van der Waals surface area contributed by atoms with Crippen LogP contribution in [0.3, 0.4) is 0 Å².